The zero-order chi connectivity index (χ0) is 12.6. The van der Waals surface area contributed by atoms with Crippen molar-refractivity contribution < 1.29 is 19.0 Å². The summed E-state index contributed by atoms with van der Waals surface area (Å²) in [5.41, 5.74) is -1.23. The molecule has 0 aliphatic carbocycles. The summed E-state index contributed by atoms with van der Waals surface area (Å²) in [7, 11) is 0. The highest BCUT2D eigenvalue weighted by Gasteiger charge is 2.46. The van der Waals surface area contributed by atoms with Crippen LogP contribution in [-0.4, -0.2) is 15.9 Å². The van der Waals surface area contributed by atoms with Gasteiger partial charge in [0.1, 0.15) is 0 Å². The fourth-order valence-electron chi connectivity index (χ4n) is 1.07. The first-order valence-corrected chi connectivity index (χ1v) is 4.16. The minimum absolute atomic E-state index is 0.479. The van der Waals surface area contributed by atoms with Crippen LogP contribution in [0, 0.1) is 20.2 Å². The molecule has 0 saturated heterocycles. The molecule has 2 rings (SSSR count). The first kappa shape index (κ1) is 10.9. The van der Waals surface area contributed by atoms with Crippen molar-refractivity contribution in [2.45, 2.75) is 6.10 Å². The van der Waals surface area contributed by atoms with E-state index < -0.39 is 33.1 Å². The lowest BCUT2D eigenvalue weighted by molar-refractivity contribution is -0.395. The van der Waals surface area contributed by atoms with Crippen LogP contribution >= 0.6 is 0 Å². The third-order valence-corrected chi connectivity index (χ3v) is 1.85. The van der Waals surface area contributed by atoms with Crippen molar-refractivity contribution in [1.29, 1.82) is 0 Å². The smallest absolute Gasteiger partial charge is 0.412 e. The Morgan fingerprint density at radius 1 is 1.24 bits per heavy atom. The Balaban J connectivity index is 2.37. The van der Waals surface area contributed by atoms with Crippen molar-refractivity contribution in [3.63, 3.8) is 0 Å². The molecule has 1 aliphatic rings. The molecule has 0 bridgehead atoms. The van der Waals surface area contributed by atoms with Gasteiger partial charge in [0, 0.05) is 6.07 Å². The minimum atomic E-state index is -2.61. The van der Waals surface area contributed by atoms with Gasteiger partial charge in [-0.2, -0.15) is 0 Å². The molecule has 17 heavy (non-hydrogen) atoms. The summed E-state index contributed by atoms with van der Waals surface area (Å²) in [4.78, 5) is 19.3. The van der Waals surface area contributed by atoms with E-state index >= 15 is 0 Å². The van der Waals surface area contributed by atoms with Gasteiger partial charge in [-0.1, -0.05) is 10.2 Å². The normalized spacial score (nSPS) is 15.4. The first-order chi connectivity index (χ1) is 7.91. The molecule has 9 nitrogen and oxygen atoms in total. The highest BCUT2D eigenvalue weighted by molar-refractivity contribution is 5.53. The Hall–Kier alpha value is -2.65. The molecule has 1 aromatic rings. The zero-order valence-electron chi connectivity index (χ0n) is 7.94. The minimum Gasteiger partial charge on any atom is -0.412 e. The highest BCUT2D eigenvalue weighted by atomic mass is 19.2. The van der Waals surface area contributed by atoms with E-state index in [0.29, 0.717) is 6.07 Å². The molecular formula is C7H3FN4O5. The predicted octanol–water partition coefficient (Wildman–Crippen LogP) is 1.93. The summed E-state index contributed by atoms with van der Waals surface area (Å²) < 4.78 is 17.5. The molecule has 0 amide bonds. The van der Waals surface area contributed by atoms with Crippen molar-refractivity contribution in [2.75, 3.05) is 0 Å². The lowest BCUT2D eigenvalue weighted by Gasteiger charge is -2.05. The van der Waals surface area contributed by atoms with E-state index in [2.05, 4.69) is 15.0 Å². The second kappa shape index (κ2) is 3.43. The van der Waals surface area contributed by atoms with Gasteiger partial charge in [-0.25, -0.2) is 0 Å². The van der Waals surface area contributed by atoms with Crippen LogP contribution in [0.2, 0.25) is 0 Å². The first-order valence-electron chi connectivity index (χ1n) is 4.16. The van der Waals surface area contributed by atoms with Gasteiger partial charge in [-0.15, -0.1) is 4.39 Å². The van der Waals surface area contributed by atoms with Crippen molar-refractivity contribution in [3.05, 3.63) is 38.4 Å². The fraction of sp³-hybridized carbons (Fsp3) is 0.143. The maximum atomic E-state index is 13.0. The van der Waals surface area contributed by atoms with Gasteiger partial charge in [0.2, 0.25) is 5.75 Å². The van der Waals surface area contributed by atoms with Gasteiger partial charge >= 0.3 is 11.8 Å². The largest absolute Gasteiger partial charge is 0.496 e. The number of ether oxygens (including phenoxy) is 1. The lowest BCUT2D eigenvalue weighted by Crippen LogP contribution is -2.13. The number of halogens is 1. The van der Waals surface area contributed by atoms with Crippen LogP contribution in [0.3, 0.4) is 0 Å². The van der Waals surface area contributed by atoms with Crippen LogP contribution < -0.4 is 4.74 Å². The van der Waals surface area contributed by atoms with Crippen LogP contribution in [0.4, 0.5) is 15.8 Å². The van der Waals surface area contributed by atoms with Crippen LogP contribution in [0.25, 0.3) is 0 Å². The van der Waals surface area contributed by atoms with E-state index in [1.54, 1.807) is 0 Å². The topological polar surface area (TPSA) is 120 Å². The van der Waals surface area contributed by atoms with Crippen LogP contribution in [-0.2, 0) is 0 Å². The highest BCUT2D eigenvalue weighted by Crippen LogP contribution is 2.38. The van der Waals surface area contributed by atoms with E-state index in [-0.39, 0.29) is 0 Å². The summed E-state index contributed by atoms with van der Waals surface area (Å²) in [6, 6.07) is 2.54. The summed E-state index contributed by atoms with van der Waals surface area (Å²) in [6.07, 6.45) is -2.61. The molecule has 0 N–H and O–H groups in total. The average molecular weight is 242 g/mol. The van der Waals surface area contributed by atoms with Gasteiger partial charge in [0.05, 0.1) is 15.9 Å². The SMILES string of the molecule is O=[N+]([O-])c1ccc(OC2(F)N=N2)c([N+](=O)[O-])c1. The number of hydrogen-bond donors (Lipinski definition) is 0. The molecule has 0 spiro atoms. The van der Waals surface area contributed by atoms with E-state index in [9.17, 15) is 24.6 Å². The van der Waals surface area contributed by atoms with E-state index in [1.165, 1.54) is 0 Å². The maximum Gasteiger partial charge on any atom is 0.496 e. The van der Waals surface area contributed by atoms with Crippen molar-refractivity contribution >= 4 is 11.4 Å². The Bertz CT molecular complexity index is 539. The Morgan fingerprint density at radius 2 is 1.88 bits per heavy atom. The summed E-state index contributed by atoms with van der Waals surface area (Å²) in [5.74, 6) is -0.479. The zero-order valence-corrected chi connectivity index (χ0v) is 7.94. The molecule has 10 heteroatoms. The summed E-state index contributed by atoms with van der Waals surface area (Å²) in [6.45, 7) is 0. The Morgan fingerprint density at radius 3 is 2.35 bits per heavy atom. The summed E-state index contributed by atoms with van der Waals surface area (Å²) in [5, 5.41) is 26.8. The Labute approximate surface area is 91.8 Å². The van der Waals surface area contributed by atoms with Crippen LogP contribution in [0.5, 0.6) is 5.75 Å². The molecule has 1 aromatic carbocycles. The molecule has 0 radical (unpaired) electrons. The summed E-state index contributed by atoms with van der Waals surface area (Å²) >= 11 is 0. The van der Waals surface area contributed by atoms with Gasteiger partial charge < -0.3 is 4.74 Å². The van der Waals surface area contributed by atoms with Crippen molar-refractivity contribution in [2.24, 2.45) is 10.2 Å². The molecule has 0 aromatic heterocycles. The molecule has 0 saturated carbocycles. The fourth-order valence-corrected chi connectivity index (χ4v) is 1.07. The Kier molecular flexibility index (Phi) is 2.19. The van der Waals surface area contributed by atoms with Gasteiger partial charge in [-0.3, -0.25) is 20.2 Å². The number of nitro benzene ring substituents is 2. The number of nitro groups is 2. The molecule has 0 atom stereocenters. The second-order valence-corrected chi connectivity index (χ2v) is 3.00. The number of benzene rings is 1. The van der Waals surface area contributed by atoms with Gasteiger partial charge in [0.15, 0.2) is 0 Å². The van der Waals surface area contributed by atoms with Gasteiger partial charge in [0.25, 0.3) is 5.69 Å². The quantitative estimate of drug-likeness (QED) is 0.453. The number of hydrogen-bond acceptors (Lipinski definition) is 7. The predicted molar refractivity (Wildman–Crippen MR) is 49.1 cm³/mol. The van der Waals surface area contributed by atoms with Crippen LogP contribution in [0.1, 0.15) is 0 Å². The average Bonchev–Trinajstić information content (AvgIpc) is 2.96. The maximum absolute atomic E-state index is 13.0. The molecule has 1 heterocycles. The second-order valence-electron chi connectivity index (χ2n) is 3.00. The monoisotopic (exact) mass is 242 g/mol. The number of nitrogens with zero attached hydrogens (tertiary/aromatic N) is 4. The van der Waals surface area contributed by atoms with E-state index in [1.807, 2.05) is 0 Å². The van der Waals surface area contributed by atoms with E-state index in [0.717, 1.165) is 12.1 Å². The molecular weight excluding hydrogens is 239 g/mol. The standard InChI is InChI=1S/C7H3FN4O5/c8-7(9-10-7)17-6-2-1-4(11(13)14)3-5(6)12(15)16/h1-3H. The number of rotatable bonds is 4. The molecule has 88 valence electrons. The molecule has 0 fully saturated rings. The number of non-ortho nitro benzene ring substituents is 1. The molecule has 1 aliphatic heterocycles. The van der Waals surface area contributed by atoms with E-state index in [4.69, 9.17) is 0 Å². The lowest BCUT2D eigenvalue weighted by atomic mass is 10.2. The van der Waals surface area contributed by atoms with Crippen molar-refractivity contribution in [1.82, 2.24) is 0 Å². The number of alkyl halides is 1. The van der Waals surface area contributed by atoms with Crippen molar-refractivity contribution in [3.8, 4) is 5.75 Å². The van der Waals surface area contributed by atoms with Gasteiger partial charge in [-0.05, 0) is 6.07 Å². The van der Waals surface area contributed by atoms with Crippen LogP contribution in [0.15, 0.2) is 28.4 Å². The molecule has 0 unspecified atom stereocenters. The third-order valence-electron chi connectivity index (χ3n) is 1.85. The third kappa shape index (κ3) is 2.14.